The summed E-state index contributed by atoms with van der Waals surface area (Å²) in [4.78, 5) is 10.6. The topological polar surface area (TPSA) is 112 Å². The molecule has 0 fully saturated rings. The van der Waals surface area contributed by atoms with Gasteiger partial charge in [-0.05, 0) is 24.6 Å². The van der Waals surface area contributed by atoms with E-state index in [1.807, 2.05) is 0 Å². The summed E-state index contributed by atoms with van der Waals surface area (Å²) in [7, 11) is -3.83. The molecule has 0 radical (unpaired) electrons. The van der Waals surface area contributed by atoms with E-state index in [-0.39, 0.29) is 10.5 Å². The second-order valence-electron chi connectivity index (χ2n) is 3.90. The maximum Gasteiger partial charge on any atom is 0.335 e. The molecule has 3 N–H and O–H groups in total. The Labute approximate surface area is 104 Å². The Morgan fingerprint density at radius 1 is 1.39 bits per heavy atom. The highest BCUT2D eigenvalue weighted by molar-refractivity contribution is 7.91. The molecule has 100 valence electrons. The summed E-state index contributed by atoms with van der Waals surface area (Å²) in [6, 6.07) is 3.75. The summed E-state index contributed by atoms with van der Waals surface area (Å²) < 4.78 is 23.9. The molecule has 0 aliphatic heterocycles. The molecule has 1 atom stereocenters. The summed E-state index contributed by atoms with van der Waals surface area (Å²) in [5.74, 6) is -1.87. The van der Waals surface area contributed by atoms with Crippen molar-refractivity contribution in [2.24, 2.45) is 0 Å². The van der Waals surface area contributed by atoms with Crippen LogP contribution in [0.4, 0.5) is 0 Å². The molecule has 0 saturated heterocycles. The first kappa shape index (κ1) is 14.6. The Hall–Kier alpha value is -1.44. The molecule has 6 nitrogen and oxygen atoms in total. The van der Waals surface area contributed by atoms with Gasteiger partial charge >= 0.3 is 5.97 Å². The molecule has 1 aromatic rings. The summed E-state index contributed by atoms with van der Waals surface area (Å²) >= 11 is 0. The predicted octanol–water partition coefficient (Wildman–Crippen LogP) is -0.180. The van der Waals surface area contributed by atoms with Crippen molar-refractivity contribution in [1.82, 2.24) is 0 Å². The maximum absolute atomic E-state index is 11.9. The van der Waals surface area contributed by atoms with E-state index < -0.39 is 34.3 Å². The van der Waals surface area contributed by atoms with Gasteiger partial charge in [-0.1, -0.05) is 6.07 Å². The fourth-order valence-corrected chi connectivity index (χ4v) is 3.12. The molecule has 0 bridgehead atoms. The number of rotatable bonds is 5. The SMILES string of the molecule is Cc1ccc(C(=O)O)cc1S(=O)(=O)CC(O)CO. The van der Waals surface area contributed by atoms with Gasteiger partial charge in [0.15, 0.2) is 9.84 Å². The van der Waals surface area contributed by atoms with Crippen molar-refractivity contribution >= 4 is 15.8 Å². The first-order valence-corrected chi connectivity index (χ1v) is 6.79. The van der Waals surface area contributed by atoms with Crippen LogP contribution in [0.25, 0.3) is 0 Å². The van der Waals surface area contributed by atoms with Gasteiger partial charge in [-0.2, -0.15) is 0 Å². The number of aliphatic hydroxyl groups is 2. The largest absolute Gasteiger partial charge is 0.478 e. The van der Waals surface area contributed by atoms with E-state index in [4.69, 9.17) is 10.2 Å². The second kappa shape index (κ2) is 5.47. The number of aliphatic hydroxyl groups excluding tert-OH is 2. The van der Waals surface area contributed by atoms with Gasteiger partial charge in [-0.25, -0.2) is 13.2 Å². The van der Waals surface area contributed by atoms with Crippen LogP contribution in [0.3, 0.4) is 0 Å². The molecular formula is C11H14O6S. The average Bonchev–Trinajstić information content (AvgIpc) is 2.28. The maximum atomic E-state index is 11.9. The Kier molecular flexibility index (Phi) is 4.44. The Balaban J connectivity index is 3.23. The van der Waals surface area contributed by atoms with Crippen LogP contribution < -0.4 is 0 Å². The van der Waals surface area contributed by atoms with Gasteiger partial charge in [0.1, 0.15) is 0 Å². The summed E-state index contributed by atoms with van der Waals surface area (Å²) in [5.41, 5.74) is 0.253. The molecule has 0 aliphatic rings. The fraction of sp³-hybridized carbons (Fsp3) is 0.364. The van der Waals surface area contributed by atoms with E-state index in [9.17, 15) is 18.3 Å². The summed E-state index contributed by atoms with van der Waals surface area (Å²) in [6.07, 6.45) is -1.39. The molecule has 0 heterocycles. The molecule has 0 spiro atoms. The van der Waals surface area contributed by atoms with Crippen LogP contribution in [0.15, 0.2) is 23.1 Å². The number of benzene rings is 1. The molecule has 1 rings (SSSR count). The smallest absolute Gasteiger partial charge is 0.335 e. The quantitative estimate of drug-likeness (QED) is 0.686. The lowest BCUT2D eigenvalue weighted by atomic mass is 10.1. The van der Waals surface area contributed by atoms with Crippen molar-refractivity contribution in [3.63, 3.8) is 0 Å². The molecule has 0 amide bonds. The fourth-order valence-electron chi connectivity index (χ4n) is 1.46. The first-order valence-electron chi connectivity index (χ1n) is 5.13. The van der Waals surface area contributed by atoms with Crippen LogP contribution >= 0.6 is 0 Å². The van der Waals surface area contributed by atoms with Crippen molar-refractivity contribution in [2.45, 2.75) is 17.9 Å². The monoisotopic (exact) mass is 274 g/mol. The molecular weight excluding hydrogens is 260 g/mol. The van der Waals surface area contributed by atoms with E-state index >= 15 is 0 Å². The zero-order chi connectivity index (χ0) is 13.9. The molecule has 18 heavy (non-hydrogen) atoms. The summed E-state index contributed by atoms with van der Waals surface area (Å²) in [6.45, 7) is 0.862. The molecule has 0 aliphatic carbocycles. The molecule has 7 heteroatoms. The minimum absolute atomic E-state index is 0.141. The Bertz CT molecular complexity index is 549. The minimum Gasteiger partial charge on any atom is -0.478 e. The van der Waals surface area contributed by atoms with E-state index in [0.717, 1.165) is 6.07 Å². The number of hydrogen-bond acceptors (Lipinski definition) is 5. The van der Waals surface area contributed by atoms with E-state index in [1.54, 1.807) is 0 Å². The van der Waals surface area contributed by atoms with Gasteiger partial charge in [-0.15, -0.1) is 0 Å². The van der Waals surface area contributed by atoms with E-state index in [1.165, 1.54) is 19.1 Å². The molecule has 0 saturated carbocycles. The van der Waals surface area contributed by atoms with Crippen LogP contribution in [0.5, 0.6) is 0 Å². The van der Waals surface area contributed by atoms with Crippen molar-refractivity contribution in [2.75, 3.05) is 12.4 Å². The van der Waals surface area contributed by atoms with E-state index in [2.05, 4.69) is 0 Å². The lowest BCUT2D eigenvalue weighted by Gasteiger charge is -2.11. The average molecular weight is 274 g/mol. The van der Waals surface area contributed by atoms with Gasteiger partial charge < -0.3 is 15.3 Å². The Morgan fingerprint density at radius 2 is 2.00 bits per heavy atom. The predicted molar refractivity (Wildman–Crippen MR) is 63.3 cm³/mol. The molecule has 0 aromatic heterocycles. The van der Waals surface area contributed by atoms with Crippen LogP contribution in [0.2, 0.25) is 0 Å². The normalized spacial score (nSPS) is 13.3. The number of aryl methyl sites for hydroxylation is 1. The third kappa shape index (κ3) is 3.28. The lowest BCUT2D eigenvalue weighted by Crippen LogP contribution is -2.24. The zero-order valence-corrected chi connectivity index (χ0v) is 10.5. The van der Waals surface area contributed by atoms with Crippen LogP contribution in [-0.2, 0) is 9.84 Å². The van der Waals surface area contributed by atoms with Gasteiger partial charge in [0.2, 0.25) is 0 Å². The number of sulfone groups is 1. The van der Waals surface area contributed by atoms with Crippen LogP contribution in [0, 0.1) is 6.92 Å². The third-order valence-electron chi connectivity index (χ3n) is 2.39. The van der Waals surface area contributed by atoms with Crippen molar-refractivity contribution in [3.05, 3.63) is 29.3 Å². The van der Waals surface area contributed by atoms with Crippen LogP contribution in [-0.4, -0.2) is 48.2 Å². The standard InChI is InChI=1S/C11H14O6S/c1-7-2-3-8(11(14)15)4-10(7)18(16,17)6-9(13)5-12/h2-4,9,12-13H,5-6H2,1H3,(H,14,15). The number of carbonyl (C=O) groups is 1. The van der Waals surface area contributed by atoms with Crippen molar-refractivity contribution in [3.8, 4) is 0 Å². The van der Waals surface area contributed by atoms with Crippen LogP contribution in [0.1, 0.15) is 15.9 Å². The van der Waals surface area contributed by atoms with Crippen molar-refractivity contribution < 1.29 is 28.5 Å². The zero-order valence-electron chi connectivity index (χ0n) is 9.70. The van der Waals surface area contributed by atoms with Gasteiger partial charge in [0.25, 0.3) is 0 Å². The number of aromatic carboxylic acids is 1. The third-order valence-corrected chi connectivity index (χ3v) is 4.33. The molecule has 1 unspecified atom stereocenters. The lowest BCUT2D eigenvalue weighted by molar-refractivity contribution is 0.0696. The first-order chi connectivity index (χ1) is 8.27. The van der Waals surface area contributed by atoms with Gasteiger partial charge in [0, 0.05) is 0 Å². The van der Waals surface area contributed by atoms with Gasteiger partial charge in [0.05, 0.1) is 28.9 Å². The number of carboxylic acid groups (broad SMARTS) is 1. The second-order valence-corrected chi connectivity index (χ2v) is 5.91. The Morgan fingerprint density at radius 3 is 2.50 bits per heavy atom. The van der Waals surface area contributed by atoms with E-state index in [0.29, 0.717) is 5.56 Å². The highest BCUT2D eigenvalue weighted by Crippen LogP contribution is 2.19. The highest BCUT2D eigenvalue weighted by atomic mass is 32.2. The number of hydrogen-bond donors (Lipinski definition) is 3. The van der Waals surface area contributed by atoms with Gasteiger partial charge in [-0.3, -0.25) is 0 Å². The van der Waals surface area contributed by atoms with Crippen molar-refractivity contribution in [1.29, 1.82) is 0 Å². The highest BCUT2D eigenvalue weighted by Gasteiger charge is 2.22. The summed E-state index contributed by atoms with van der Waals surface area (Å²) in [5, 5.41) is 26.6. The number of carboxylic acids is 1. The minimum atomic E-state index is -3.83. The molecule has 1 aromatic carbocycles.